The Labute approximate surface area is 191 Å². The van der Waals surface area contributed by atoms with Gasteiger partial charge in [-0.05, 0) is 37.0 Å². The van der Waals surface area contributed by atoms with Crippen molar-refractivity contribution in [2.75, 3.05) is 50.6 Å². The van der Waals surface area contributed by atoms with Crippen molar-refractivity contribution in [3.63, 3.8) is 0 Å². The number of carbonyl (C=O) groups excluding carboxylic acids is 1. The van der Waals surface area contributed by atoms with Gasteiger partial charge in [0.05, 0.1) is 22.7 Å². The van der Waals surface area contributed by atoms with Gasteiger partial charge in [0, 0.05) is 51.7 Å². The van der Waals surface area contributed by atoms with Crippen LogP contribution >= 0.6 is 11.6 Å². The predicted octanol–water partition coefficient (Wildman–Crippen LogP) is 2.95. The van der Waals surface area contributed by atoms with Crippen LogP contribution in [0, 0.1) is 17.7 Å². The molecule has 0 spiro atoms. The molecule has 2 atom stereocenters. The van der Waals surface area contributed by atoms with E-state index in [2.05, 4.69) is 25.9 Å². The Morgan fingerprint density at radius 2 is 2.16 bits per heavy atom. The van der Waals surface area contributed by atoms with Crippen molar-refractivity contribution in [3.8, 4) is 11.3 Å². The zero-order valence-corrected chi connectivity index (χ0v) is 18.6. The van der Waals surface area contributed by atoms with Gasteiger partial charge in [-0.25, -0.2) is 14.4 Å². The van der Waals surface area contributed by atoms with Crippen LogP contribution in [-0.4, -0.2) is 61.9 Å². The number of rotatable bonds is 7. The lowest BCUT2D eigenvalue weighted by molar-refractivity contribution is -0.122. The molecule has 0 saturated carbocycles. The molecular formula is C22H27ClFN5O3. The lowest BCUT2D eigenvalue weighted by Gasteiger charge is -2.22. The molecule has 0 radical (unpaired) electrons. The zero-order chi connectivity index (χ0) is 22.5. The van der Waals surface area contributed by atoms with Gasteiger partial charge in [0.15, 0.2) is 11.6 Å². The lowest BCUT2D eigenvalue weighted by atomic mass is 10.0. The Bertz CT molecular complexity index is 957. The Morgan fingerprint density at radius 3 is 2.94 bits per heavy atom. The SMILES string of the molecule is CO[C@H]1CNC[C@@H]1C(=O)Nc1cc(-c2ccc(F)c(NCC3CCOCC3)n2)c(Cl)cn1. The van der Waals surface area contributed by atoms with Gasteiger partial charge in [-0.3, -0.25) is 4.79 Å². The van der Waals surface area contributed by atoms with Crippen molar-refractivity contribution in [1.29, 1.82) is 0 Å². The van der Waals surface area contributed by atoms with Gasteiger partial charge < -0.3 is 25.4 Å². The van der Waals surface area contributed by atoms with E-state index in [9.17, 15) is 9.18 Å². The van der Waals surface area contributed by atoms with E-state index in [0.717, 1.165) is 26.1 Å². The van der Waals surface area contributed by atoms with Gasteiger partial charge in [0.1, 0.15) is 5.82 Å². The highest BCUT2D eigenvalue weighted by atomic mass is 35.5. The molecule has 3 N–H and O–H groups in total. The van der Waals surface area contributed by atoms with E-state index < -0.39 is 5.82 Å². The van der Waals surface area contributed by atoms with Crippen LogP contribution in [0.5, 0.6) is 0 Å². The summed E-state index contributed by atoms with van der Waals surface area (Å²) in [6, 6.07) is 4.56. The molecule has 2 saturated heterocycles. The van der Waals surface area contributed by atoms with E-state index in [-0.39, 0.29) is 23.7 Å². The van der Waals surface area contributed by atoms with Crippen LogP contribution in [-0.2, 0) is 14.3 Å². The number of hydrogen-bond donors (Lipinski definition) is 3. The summed E-state index contributed by atoms with van der Waals surface area (Å²) in [4.78, 5) is 21.3. The maximum absolute atomic E-state index is 14.4. The Hall–Kier alpha value is -2.33. The molecule has 32 heavy (non-hydrogen) atoms. The summed E-state index contributed by atoms with van der Waals surface area (Å²) in [7, 11) is 1.59. The number of aromatic nitrogens is 2. The van der Waals surface area contributed by atoms with Gasteiger partial charge in [0.25, 0.3) is 0 Å². The van der Waals surface area contributed by atoms with E-state index in [1.807, 2.05) is 0 Å². The van der Waals surface area contributed by atoms with Crippen molar-refractivity contribution in [1.82, 2.24) is 15.3 Å². The highest BCUT2D eigenvalue weighted by Crippen LogP contribution is 2.30. The Balaban J connectivity index is 1.49. The zero-order valence-electron chi connectivity index (χ0n) is 17.9. The van der Waals surface area contributed by atoms with Gasteiger partial charge in [0.2, 0.25) is 5.91 Å². The molecule has 0 aliphatic carbocycles. The Kier molecular flexibility index (Phi) is 7.51. The van der Waals surface area contributed by atoms with Crippen LogP contribution in [0.1, 0.15) is 12.8 Å². The van der Waals surface area contributed by atoms with E-state index in [0.29, 0.717) is 47.7 Å². The van der Waals surface area contributed by atoms with Crippen LogP contribution in [0.4, 0.5) is 16.0 Å². The minimum atomic E-state index is -0.432. The molecule has 2 fully saturated rings. The topological polar surface area (TPSA) is 97.4 Å². The summed E-state index contributed by atoms with van der Waals surface area (Å²) in [6.07, 6.45) is 3.14. The molecule has 4 rings (SSSR count). The van der Waals surface area contributed by atoms with Gasteiger partial charge in [-0.2, -0.15) is 0 Å². The average Bonchev–Trinajstić information content (AvgIpc) is 3.30. The smallest absolute Gasteiger partial charge is 0.232 e. The maximum Gasteiger partial charge on any atom is 0.232 e. The van der Waals surface area contributed by atoms with Crippen LogP contribution < -0.4 is 16.0 Å². The summed E-state index contributed by atoms with van der Waals surface area (Å²) in [5.41, 5.74) is 1.04. The van der Waals surface area contributed by atoms with Crippen molar-refractivity contribution >= 4 is 29.1 Å². The standard InChI is InChI=1S/C22H27ClFN5O3/c1-31-19-12-25-10-15(19)22(30)29-20-8-14(16(23)11-26-20)18-3-2-17(24)21(28-18)27-9-13-4-6-32-7-5-13/h2-3,8,11,13,15,19,25H,4-7,9-10,12H2,1H3,(H,27,28)(H,26,29,30)/t15-,19-/m0/s1. The number of methoxy groups -OCH3 is 1. The molecule has 2 aromatic heterocycles. The molecule has 2 aromatic rings. The fraction of sp³-hybridized carbons (Fsp3) is 0.500. The molecule has 2 aliphatic heterocycles. The molecule has 2 aliphatic rings. The van der Waals surface area contributed by atoms with E-state index in [1.165, 1.54) is 12.3 Å². The summed E-state index contributed by atoms with van der Waals surface area (Å²) < 4.78 is 25.1. The lowest BCUT2D eigenvalue weighted by Crippen LogP contribution is -2.33. The summed E-state index contributed by atoms with van der Waals surface area (Å²) in [6.45, 7) is 3.23. The highest BCUT2D eigenvalue weighted by Gasteiger charge is 2.33. The van der Waals surface area contributed by atoms with Crippen LogP contribution in [0.2, 0.25) is 5.02 Å². The number of pyridine rings is 2. The molecule has 4 heterocycles. The van der Waals surface area contributed by atoms with Crippen LogP contribution in [0.3, 0.4) is 0 Å². The summed E-state index contributed by atoms with van der Waals surface area (Å²) in [5, 5.41) is 9.44. The number of hydrogen-bond acceptors (Lipinski definition) is 7. The molecule has 1 amide bonds. The Morgan fingerprint density at radius 1 is 1.34 bits per heavy atom. The molecule has 8 nitrogen and oxygen atoms in total. The predicted molar refractivity (Wildman–Crippen MR) is 120 cm³/mol. The summed E-state index contributed by atoms with van der Waals surface area (Å²) >= 11 is 6.36. The molecule has 0 unspecified atom stereocenters. The minimum absolute atomic E-state index is 0.174. The largest absolute Gasteiger partial charge is 0.381 e. The number of halogens is 2. The van der Waals surface area contributed by atoms with E-state index >= 15 is 0 Å². The quantitative estimate of drug-likeness (QED) is 0.580. The van der Waals surface area contributed by atoms with Crippen LogP contribution in [0.25, 0.3) is 11.3 Å². The van der Waals surface area contributed by atoms with Gasteiger partial charge in [-0.1, -0.05) is 11.6 Å². The first-order chi connectivity index (χ1) is 15.5. The van der Waals surface area contributed by atoms with Crippen molar-refractivity contribution in [2.45, 2.75) is 18.9 Å². The number of anilines is 2. The van der Waals surface area contributed by atoms with Crippen LogP contribution in [0.15, 0.2) is 24.4 Å². The number of amides is 1. The first kappa shape index (κ1) is 22.8. The number of carbonyl (C=O) groups is 1. The summed E-state index contributed by atoms with van der Waals surface area (Å²) in [5.74, 6) is 0.00516. The van der Waals surface area contributed by atoms with Gasteiger partial charge in [-0.15, -0.1) is 0 Å². The molecule has 0 bridgehead atoms. The van der Waals surface area contributed by atoms with Crippen molar-refractivity contribution < 1.29 is 18.7 Å². The number of ether oxygens (including phenoxy) is 2. The first-order valence-electron chi connectivity index (χ1n) is 10.7. The third-order valence-corrected chi connectivity index (χ3v) is 6.23. The monoisotopic (exact) mass is 463 g/mol. The third-order valence-electron chi connectivity index (χ3n) is 5.93. The van der Waals surface area contributed by atoms with E-state index in [1.54, 1.807) is 19.2 Å². The molecule has 10 heteroatoms. The fourth-order valence-corrected chi connectivity index (χ4v) is 4.19. The highest BCUT2D eigenvalue weighted by molar-refractivity contribution is 6.33. The third kappa shape index (κ3) is 5.35. The molecule has 0 aromatic carbocycles. The molecular weight excluding hydrogens is 437 g/mol. The van der Waals surface area contributed by atoms with Crippen molar-refractivity contribution in [2.24, 2.45) is 11.8 Å². The van der Waals surface area contributed by atoms with Gasteiger partial charge >= 0.3 is 0 Å². The normalized spacial score (nSPS) is 21.5. The first-order valence-corrected chi connectivity index (χ1v) is 11.1. The second-order valence-electron chi connectivity index (χ2n) is 8.04. The maximum atomic E-state index is 14.4. The second-order valence-corrected chi connectivity index (χ2v) is 8.45. The van der Waals surface area contributed by atoms with E-state index in [4.69, 9.17) is 21.1 Å². The number of nitrogens with zero attached hydrogens (tertiary/aromatic N) is 2. The average molecular weight is 464 g/mol. The van der Waals surface area contributed by atoms with Crippen molar-refractivity contribution in [3.05, 3.63) is 35.2 Å². The second kappa shape index (κ2) is 10.5. The number of nitrogens with one attached hydrogen (secondary N) is 3. The molecule has 172 valence electrons. The fourth-order valence-electron chi connectivity index (χ4n) is 3.99. The minimum Gasteiger partial charge on any atom is -0.381 e.